The lowest BCUT2D eigenvalue weighted by atomic mass is 10.4. The van der Waals surface area contributed by atoms with Crippen molar-refractivity contribution in [1.82, 2.24) is 0 Å². The van der Waals surface area contributed by atoms with Crippen LogP contribution in [0, 0.1) is 0 Å². The van der Waals surface area contributed by atoms with Crippen LogP contribution in [0.5, 0.6) is 0 Å². The molecule has 0 saturated carbocycles. The second-order valence-corrected chi connectivity index (χ2v) is 3.03. The largest absolute Gasteiger partial charge is 0.432 e. The van der Waals surface area contributed by atoms with Crippen LogP contribution >= 0.6 is 0 Å². The molecule has 9 heavy (non-hydrogen) atoms. The molecule has 0 N–H and O–H groups in total. The molecule has 0 aliphatic rings. The van der Waals surface area contributed by atoms with E-state index >= 15 is 0 Å². The van der Waals surface area contributed by atoms with Gasteiger partial charge in [-0.1, -0.05) is 30.3 Å². The molecular weight excluding hydrogens is 135 g/mol. The SMILES string of the molecule is [O][SiH](F)c1ccccc1. The minimum atomic E-state index is -3.28. The van der Waals surface area contributed by atoms with Crippen molar-refractivity contribution in [3.05, 3.63) is 30.3 Å². The number of benzene rings is 1. The van der Waals surface area contributed by atoms with Gasteiger partial charge < -0.3 is 0 Å². The van der Waals surface area contributed by atoms with E-state index in [1.165, 1.54) is 12.1 Å². The first-order valence-electron chi connectivity index (χ1n) is 2.65. The van der Waals surface area contributed by atoms with Crippen molar-refractivity contribution in [2.45, 2.75) is 0 Å². The van der Waals surface area contributed by atoms with Crippen molar-refractivity contribution in [3.8, 4) is 0 Å². The van der Waals surface area contributed by atoms with Crippen LogP contribution in [0.1, 0.15) is 0 Å². The summed E-state index contributed by atoms with van der Waals surface area (Å²) in [7, 11) is -3.28. The summed E-state index contributed by atoms with van der Waals surface area (Å²) < 4.78 is 12.0. The van der Waals surface area contributed by atoms with Gasteiger partial charge in [-0.05, 0) is 5.19 Å². The van der Waals surface area contributed by atoms with E-state index < -0.39 is 9.37 Å². The highest BCUT2D eigenvalue weighted by Gasteiger charge is 2.07. The molecule has 1 radical (unpaired) electrons. The minimum absolute atomic E-state index is 0.331. The predicted molar refractivity (Wildman–Crippen MR) is 35.0 cm³/mol. The third-order valence-corrected chi connectivity index (χ3v) is 1.97. The Morgan fingerprint density at radius 1 is 1.22 bits per heavy atom. The Balaban J connectivity index is 2.85. The van der Waals surface area contributed by atoms with Crippen LogP contribution in [-0.4, -0.2) is 9.37 Å². The zero-order valence-corrected chi connectivity index (χ0v) is 5.91. The van der Waals surface area contributed by atoms with Gasteiger partial charge in [-0.25, -0.2) is 0 Å². The highest BCUT2D eigenvalue weighted by Crippen LogP contribution is 1.85. The first-order valence-corrected chi connectivity index (χ1v) is 4.14. The Labute approximate surface area is 54.7 Å². The molecule has 1 rings (SSSR count). The first kappa shape index (κ1) is 6.45. The lowest BCUT2D eigenvalue weighted by Crippen LogP contribution is -2.22. The molecular formula is C6H6FOSi. The van der Waals surface area contributed by atoms with E-state index in [0.29, 0.717) is 5.19 Å². The molecule has 0 aromatic heterocycles. The standard InChI is InChI=1S/C6H6FOSi/c7-9(8)6-4-2-1-3-5-6/h1-5,9H. The lowest BCUT2D eigenvalue weighted by Gasteiger charge is -1.92. The monoisotopic (exact) mass is 141 g/mol. The molecule has 0 amide bonds. The number of hydrogen-bond donors (Lipinski definition) is 0. The summed E-state index contributed by atoms with van der Waals surface area (Å²) in [6, 6.07) is 8.17. The second kappa shape index (κ2) is 2.75. The third-order valence-electron chi connectivity index (χ3n) is 1.06. The van der Waals surface area contributed by atoms with Crippen LogP contribution in [0.25, 0.3) is 0 Å². The molecule has 3 heteroatoms. The molecule has 1 unspecified atom stereocenters. The van der Waals surface area contributed by atoms with E-state index in [0.717, 1.165) is 0 Å². The Hall–Kier alpha value is -0.673. The van der Waals surface area contributed by atoms with Crippen LogP contribution in [0.2, 0.25) is 0 Å². The zero-order valence-electron chi connectivity index (χ0n) is 4.75. The van der Waals surface area contributed by atoms with Crippen molar-refractivity contribution in [1.29, 1.82) is 0 Å². The van der Waals surface area contributed by atoms with Gasteiger partial charge in [-0.15, -0.1) is 0 Å². The van der Waals surface area contributed by atoms with E-state index in [4.69, 9.17) is 0 Å². The van der Waals surface area contributed by atoms with E-state index in [1.807, 2.05) is 0 Å². The molecule has 47 valence electrons. The van der Waals surface area contributed by atoms with Crippen molar-refractivity contribution in [3.63, 3.8) is 0 Å². The fraction of sp³-hybridized carbons (Fsp3) is 0. The van der Waals surface area contributed by atoms with E-state index in [1.54, 1.807) is 18.2 Å². The Morgan fingerprint density at radius 3 is 2.11 bits per heavy atom. The van der Waals surface area contributed by atoms with Crippen LogP contribution < -0.4 is 5.19 Å². The third kappa shape index (κ3) is 1.62. The average Bonchev–Trinajstić information content (AvgIpc) is 1.90. The molecule has 1 aromatic rings. The van der Waals surface area contributed by atoms with E-state index in [-0.39, 0.29) is 0 Å². The highest BCUT2D eigenvalue weighted by molar-refractivity contribution is 6.58. The summed E-state index contributed by atoms with van der Waals surface area (Å²) in [5.74, 6) is 0. The number of rotatable bonds is 1. The Morgan fingerprint density at radius 2 is 1.78 bits per heavy atom. The van der Waals surface area contributed by atoms with E-state index in [9.17, 15) is 8.90 Å². The molecule has 0 bridgehead atoms. The maximum absolute atomic E-state index is 12.0. The lowest BCUT2D eigenvalue weighted by molar-refractivity contribution is 0.409. The summed E-state index contributed by atoms with van der Waals surface area (Å²) in [6.45, 7) is 0. The van der Waals surface area contributed by atoms with Gasteiger partial charge in [0.2, 0.25) is 0 Å². The fourth-order valence-electron chi connectivity index (χ4n) is 0.604. The van der Waals surface area contributed by atoms with Crippen LogP contribution in [-0.2, 0) is 4.80 Å². The molecule has 0 aliphatic heterocycles. The molecule has 1 nitrogen and oxygen atoms in total. The summed E-state index contributed by atoms with van der Waals surface area (Å²) in [5, 5.41) is 0.331. The second-order valence-electron chi connectivity index (χ2n) is 1.73. The summed E-state index contributed by atoms with van der Waals surface area (Å²) >= 11 is 0. The van der Waals surface area contributed by atoms with Gasteiger partial charge in [-0.2, -0.15) is 0 Å². The first-order chi connectivity index (χ1) is 4.30. The fourth-order valence-corrected chi connectivity index (χ4v) is 1.13. The summed E-state index contributed by atoms with van der Waals surface area (Å²) in [4.78, 5) is 10.2. The molecule has 1 aromatic carbocycles. The Kier molecular flexibility index (Phi) is 1.97. The molecule has 1 atom stereocenters. The van der Waals surface area contributed by atoms with Crippen molar-refractivity contribution >= 4 is 14.6 Å². The minimum Gasteiger partial charge on any atom is -0.271 e. The van der Waals surface area contributed by atoms with Crippen LogP contribution in [0.3, 0.4) is 0 Å². The van der Waals surface area contributed by atoms with Crippen molar-refractivity contribution in [2.24, 2.45) is 0 Å². The topological polar surface area (TPSA) is 19.9 Å². The molecule has 0 spiro atoms. The normalized spacial score (nSPS) is 13.1. The average molecular weight is 141 g/mol. The van der Waals surface area contributed by atoms with Crippen LogP contribution in [0.4, 0.5) is 4.11 Å². The van der Waals surface area contributed by atoms with Gasteiger partial charge in [0, 0.05) is 0 Å². The molecule has 0 heterocycles. The number of halogens is 1. The smallest absolute Gasteiger partial charge is 0.271 e. The van der Waals surface area contributed by atoms with Gasteiger partial charge in [0.1, 0.15) is 0 Å². The molecule has 0 fully saturated rings. The molecule has 0 aliphatic carbocycles. The van der Waals surface area contributed by atoms with Gasteiger partial charge >= 0.3 is 9.37 Å². The number of hydrogen-bond acceptors (Lipinski definition) is 0. The maximum atomic E-state index is 12.0. The van der Waals surface area contributed by atoms with Gasteiger partial charge in [0.15, 0.2) is 0 Å². The summed E-state index contributed by atoms with van der Waals surface area (Å²) in [6.07, 6.45) is 0. The maximum Gasteiger partial charge on any atom is 0.432 e. The van der Waals surface area contributed by atoms with Gasteiger partial charge in [0.05, 0.1) is 0 Å². The van der Waals surface area contributed by atoms with Gasteiger partial charge in [-0.3, -0.25) is 8.90 Å². The Bertz CT molecular complexity index is 176. The zero-order chi connectivity index (χ0) is 6.69. The summed E-state index contributed by atoms with van der Waals surface area (Å²) in [5.41, 5.74) is 0. The molecule has 0 saturated heterocycles. The quantitative estimate of drug-likeness (QED) is 0.401. The van der Waals surface area contributed by atoms with Crippen LogP contribution in [0.15, 0.2) is 30.3 Å². The highest BCUT2D eigenvalue weighted by atomic mass is 28.3. The van der Waals surface area contributed by atoms with Gasteiger partial charge in [0.25, 0.3) is 0 Å². The predicted octanol–water partition coefficient (Wildman–Crippen LogP) is 0.514. The van der Waals surface area contributed by atoms with Crippen molar-refractivity contribution < 1.29 is 8.90 Å². The van der Waals surface area contributed by atoms with Crippen molar-refractivity contribution in [2.75, 3.05) is 0 Å². The van der Waals surface area contributed by atoms with E-state index in [2.05, 4.69) is 0 Å².